The average Bonchev–Trinajstić information content (AvgIpc) is 2.74. The number of fused-ring (bicyclic) bond motifs is 1. The smallest absolute Gasteiger partial charge is 0.315 e. The molecule has 0 bridgehead atoms. The van der Waals surface area contributed by atoms with Gasteiger partial charge in [-0.2, -0.15) is 0 Å². The van der Waals surface area contributed by atoms with Crippen molar-refractivity contribution in [2.24, 2.45) is 0 Å². The first kappa shape index (κ1) is 18.9. The fraction of sp³-hybridized carbons (Fsp3) is 0.0476. The zero-order valence-corrected chi connectivity index (χ0v) is 16.0. The van der Waals surface area contributed by atoms with Gasteiger partial charge in [0.05, 0.1) is 17.6 Å². The Balaban J connectivity index is 1.60. The van der Waals surface area contributed by atoms with Crippen LogP contribution in [0.1, 0.15) is 5.56 Å². The lowest BCUT2D eigenvalue weighted by atomic mass is 10.1. The van der Waals surface area contributed by atoms with Gasteiger partial charge in [0.25, 0.3) is 0 Å². The van der Waals surface area contributed by atoms with E-state index in [1.54, 1.807) is 36.8 Å². The Kier molecular flexibility index (Phi) is 5.00. The number of pyridine rings is 4. The quantitative estimate of drug-likeness (QED) is 0.450. The van der Waals surface area contributed by atoms with Gasteiger partial charge in [-0.25, -0.2) is 9.97 Å². The van der Waals surface area contributed by atoms with Crippen LogP contribution in [-0.2, 0) is 9.59 Å². The number of nitrogens with two attached hydrogens (primary N) is 1. The van der Waals surface area contributed by atoms with Crippen LogP contribution in [0, 0.1) is 6.92 Å². The Labute approximate surface area is 171 Å². The van der Waals surface area contributed by atoms with Gasteiger partial charge in [-0.05, 0) is 48.2 Å². The van der Waals surface area contributed by atoms with E-state index >= 15 is 0 Å². The van der Waals surface area contributed by atoms with E-state index in [9.17, 15) is 9.59 Å². The summed E-state index contributed by atoms with van der Waals surface area (Å²) in [6.45, 7) is 1.96. The Morgan fingerprint density at radius 3 is 2.53 bits per heavy atom. The van der Waals surface area contributed by atoms with E-state index in [2.05, 4.69) is 30.6 Å². The van der Waals surface area contributed by atoms with Gasteiger partial charge in [0.2, 0.25) is 0 Å². The Morgan fingerprint density at radius 1 is 0.967 bits per heavy atom. The third kappa shape index (κ3) is 3.90. The summed E-state index contributed by atoms with van der Waals surface area (Å²) in [5.74, 6) is -1.15. The standard InChI is InChI=1S/C21H17N7O2/c1-12-4-6-24-10-15(12)17-7-13-8-18(25-11-16(13)19(22)27-17)28-21(30)20(29)26-14-3-2-5-23-9-14/h2-11H,1H3,(H2,22,27)(H,26,29)(H,25,28,30). The van der Waals surface area contributed by atoms with Crippen molar-refractivity contribution in [2.75, 3.05) is 16.4 Å². The van der Waals surface area contributed by atoms with Crippen molar-refractivity contribution in [3.05, 3.63) is 66.9 Å². The second kappa shape index (κ2) is 7.92. The largest absolute Gasteiger partial charge is 0.383 e. The third-order valence-corrected chi connectivity index (χ3v) is 4.43. The summed E-state index contributed by atoms with van der Waals surface area (Å²) < 4.78 is 0. The summed E-state index contributed by atoms with van der Waals surface area (Å²) >= 11 is 0. The van der Waals surface area contributed by atoms with Crippen LogP contribution < -0.4 is 16.4 Å². The van der Waals surface area contributed by atoms with Crippen LogP contribution in [0.25, 0.3) is 22.0 Å². The molecule has 0 fully saturated rings. The predicted molar refractivity (Wildman–Crippen MR) is 113 cm³/mol. The van der Waals surface area contributed by atoms with Crippen LogP contribution >= 0.6 is 0 Å². The summed E-state index contributed by atoms with van der Waals surface area (Å²) in [6, 6.07) is 8.64. The number of hydrogen-bond acceptors (Lipinski definition) is 7. The number of nitrogen functional groups attached to an aromatic ring is 1. The molecule has 0 unspecified atom stereocenters. The van der Waals surface area contributed by atoms with Crippen molar-refractivity contribution in [1.29, 1.82) is 0 Å². The molecule has 0 aliphatic carbocycles. The van der Waals surface area contributed by atoms with Gasteiger partial charge in [0.1, 0.15) is 11.6 Å². The summed E-state index contributed by atoms with van der Waals surface area (Å²) in [5.41, 5.74) is 9.03. The Bertz CT molecular complexity index is 1260. The highest BCUT2D eigenvalue weighted by Crippen LogP contribution is 2.28. The molecule has 30 heavy (non-hydrogen) atoms. The minimum Gasteiger partial charge on any atom is -0.383 e. The van der Waals surface area contributed by atoms with Gasteiger partial charge in [-0.3, -0.25) is 19.6 Å². The number of nitrogens with one attached hydrogen (secondary N) is 2. The SMILES string of the molecule is Cc1ccncc1-c1cc2cc(NC(=O)C(=O)Nc3cccnc3)ncc2c(N)n1. The first-order chi connectivity index (χ1) is 14.5. The maximum atomic E-state index is 12.2. The van der Waals surface area contributed by atoms with E-state index in [4.69, 9.17) is 5.73 Å². The topological polar surface area (TPSA) is 136 Å². The molecule has 0 aliphatic rings. The van der Waals surface area contributed by atoms with Crippen LogP contribution in [0.3, 0.4) is 0 Å². The van der Waals surface area contributed by atoms with Crippen LogP contribution in [-0.4, -0.2) is 31.8 Å². The van der Waals surface area contributed by atoms with E-state index in [1.165, 1.54) is 12.4 Å². The maximum absolute atomic E-state index is 12.2. The summed E-state index contributed by atoms with van der Waals surface area (Å²) in [7, 11) is 0. The van der Waals surface area contributed by atoms with Gasteiger partial charge < -0.3 is 16.4 Å². The first-order valence-corrected chi connectivity index (χ1v) is 9.01. The lowest BCUT2D eigenvalue weighted by Gasteiger charge is -2.10. The van der Waals surface area contributed by atoms with Gasteiger partial charge >= 0.3 is 11.8 Å². The van der Waals surface area contributed by atoms with Crippen LogP contribution in [0.2, 0.25) is 0 Å². The molecule has 0 saturated carbocycles. The van der Waals surface area contributed by atoms with Gasteiger partial charge in [0, 0.05) is 35.7 Å². The monoisotopic (exact) mass is 399 g/mol. The maximum Gasteiger partial charge on any atom is 0.315 e. The van der Waals surface area contributed by atoms with Gasteiger partial charge in [-0.15, -0.1) is 0 Å². The number of rotatable bonds is 3. The number of aromatic nitrogens is 4. The highest BCUT2D eigenvalue weighted by Gasteiger charge is 2.16. The molecule has 9 heteroatoms. The minimum absolute atomic E-state index is 0.216. The molecule has 0 radical (unpaired) electrons. The molecular formula is C21H17N7O2. The zero-order valence-electron chi connectivity index (χ0n) is 16.0. The molecule has 4 aromatic rings. The molecule has 4 N–H and O–H groups in total. The van der Waals surface area contributed by atoms with Crippen molar-refractivity contribution in [3.63, 3.8) is 0 Å². The second-order valence-corrected chi connectivity index (χ2v) is 6.52. The number of amides is 2. The second-order valence-electron chi connectivity index (χ2n) is 6.52. The molecular weight excluding hydrogens is 382 g/mol. The molecule has 4 heterocycles. The van der Waals surface area contributed by atoms with Crippen molar-refractivity contribution >= 4 is 39.9 Å². The summed E-state index contributed by atoms with van der Waals surface area (Å²) in [6.07, 6.45) is 7.94. The highest BCUT2D eigenvalue weighted by molar-refractivity contribution is 6.43. The third-order valence-electron chi connectivity index (χ3n) is 4.43. The van der Waals surface area contributed by atoms with E-state index in [1.807, 2.05) is 19.1 Å². The molecule has 0 saturated heterocycles. The van der Waals surface area contributed by atoms with E-state index in [0.717, 1.165) is 16.5 Å². The van der Waals surface area contributed by atoms with E-state index < -0.39 is 11.8 Å². The fourth-order valence-electron chi connectivity index (χ4n) is 2.91. The zero-order chi connectivity index (χ0) is 21.1. The van der Waals surface area contributed by atoms with E-state index in [-0.39, 0.29) is 5.82 Å². The van der Waals surface area contributed by atoms with Crippen LogP contribution in [0.4, 0.5) is 17.3 Å². The molecule has 4 aromatic heterocycles. The normalized spacial score (nSPS) is 10.6. The molecule has 0 aliphatic heterocycles. The molecule has 148 valence electrons. The number of aryl methyl sites for hydroxylation is 1. The van der Waals surface area contributed by atoms with Crippen molar-refractivity contribution in [3.8, 4) is 11.3 Å². The number of nitrogens with zero attached hydrogens (tertiary/aromatic N) is 4. The number of hydrogen-bond donors (Lipinski definition) is 3. The molecule has 0 spiro atoms. The number of anilines is 3. The molecule has 9 nitrogen and oxygen atoms in total. The number of carbonyl (C=O) groups is 2. The van der Waals surface area contributed by atoms with E-state index in [0.29, 0.717) is 22.6 Å². The summed E-state index contributed by atoms with van der Waals surface area (Å²) in [5, 5.41) is 6.31. The Morgan fingerprint density at radius 2 is 1.77 bits per heavy atom. The molecule has 0 aromatic carbocycles. The Hall–Kier alpha value is -4.40. The minimum atomic E-state index is -0.851. The fourth-order valence-corrected chi connectivity index (χ4v) is 2.91. The van der Waals surface area contributed by atoms with Crippen molar-refractivity contribution < 1.29 is 9.59 Å². The lowest BCUT2D eigenvalue weighted by molar-refractivity contribution is -0.133. The van der Waals surface area contributed by atoms with Crippen molar-refractivity contribution in [1.82, 2.24) is 19.9 Å². The van der Waals surface area contributed by atoms with Gasteiger partial charge in [-0.1, -0.05) is 0 Å². The lowest BCUT2D eigenvalue weighted by Crippen LogP contribution is -2.29. The van der Waals surface area contributed by atoms with Crippen LogP contribution in [0.5, 0.6) is 0 Å². The highest BCUT2D eigenvalue weighted by atomic mass is 16.2. The summed E-state index contributed by atoms with van der Waals surface area (Å²) in [4.78, 5) is 40.9. The van der Waals surface area contributed by atoms with Crippen LogP contribution in [0.15, 0.2) is 61.3 Å². The molecule has 4 rings (SSSR count). The van der Waals surface area contributed by atoms with Gasteiger partial charge in [0.15, 0.2) is 0 Å². The molecule has 2 amide bonds. The predicted octanol–water partition coefficient (Wildman–Crippen LogP) is 2.55. The van der Waals surface area contributed by atoms with Crippen molar-refractivity contribution in [2.45, 2.75) is 6.92 Å². The molecule has 0 atom stereocenters. The average molecular weight is 399 g/mol. The first-order valence-electron chi connectivity index (χ1n) is 9.01. The number of carbonyl (C=O) groups excluding carboxylic acids is 2.